The van der Waals surface area contributed by atoms with Crippen LogP contribution in [0.2, 0.25) is 5.02 Å². The molecule has 0 aliphatic carbocycles. The molecular weight excluding hydrogens is 350 g/mol. The fraction of sp³-hybridized carbons (Fsp3) is 0.312. The van der Waals surface area contributed by atoms with Crippen molar-refractivity contribution >= 4 is 39.0 Å². The summed E-state index contributed by atoms with van der Waals surface area (Å²) in [5.41, 5.74) is 2.26. The lowest BCUT2D eigenvalue weighted by Gasteiger charge is -2.20. The maximum absolute atomic E-state index is 5.98. The summed E-state index contributed by atoms with van der Waals surface area (Å²) in [6.45, 7) is 2.93. The van der Waals surface area contributed by atoms with Crippen LogP contribution in [0.3, 0.4) is 0 Å². The van der Waals surface area contributed by atoms with Gasteiger partial charge in [0.1, 0.15) is 0 Å². The van der Waals surface area contributed by atoms with Crippen molar-refractivity contribution in [2.75, 3.05) is 23.3 Å². The number of benzene rings is 1. The average molecular weight is 367 g/mol. The van der Waals surface area contributed by atoms with Crippen molar-refractivity contribution in [1.82, 2.24) is 4.98 Å². The maximum Gasteiger partial charge on any atom is 0.151 e. The van der Waals surface area contributed by atoms with E-state index < -0.39 is 0 Å². The van der Waals surface area contributed by atoms with Crippen LogP contribution in [-0.4, -0.2) is 18.1 Å². The number of nitrogens with zero attached hydrogens (tertiary/aromatic N) is 2. The molecule has 0 saturated carbocycles. The van der Waals surface area contributed by atoms with Crippen molar-refractivity contribution in [3.8, 4) is 0 Å². The van der Waals surface area contributed by atoms with Gasteiger partial charge in [-0.05, 0) is 42.7 Å². The zero-order valence-corrected chi connectivity index (χ0v) is 14.0. The third-order valence-electron chi connectivity index (χ3n) is 3.68. The number of hydrogen-bond donors (Lipinski definition) is 1. The Morgan fingerprint density at radius 2 is 2.05 bits per heavy atom. The minimum absolute atomic E-state index is 0.740. The predicted octanol–water partition coefficient (Wildman–Crippen LogP) is 4.71. The summed E-state index contributed by atoms with van der Waals surface area (Å²) in [4.78, 5) is 6.89. The van der Waals surface area contributed by atoms with E-state index in [0.29, 0.717) is 0 Å². The highest BCUT2D eigenvalue weighted by molar-refractivity contribution is 9.10. The summed E-state index contributed by atoms with van der Waals surface area (Å²) in [5.74, 6) is 1.06. The molecule has 2 heterocycles. The Morgan fingerprint density at radius 3 is 2.81 bits per heavy atom. The molecule has 21 heavy (non-hydrogen) atoms. The molecule has 1 aromatic heterocycles. The van der Waals surface area contributed by atoms with Gasteiger partial charge in [0, 0.05) is 35.3 Å². The summed E-state index contributed by atoms with van der Waals surface area (Å²) in [6.07, 6.45) is 4.36. The van der Waals surface area contributed by atoms with Crippen molar-refractivity contribution in [2.45, 2.75) is 19.4 Å². The van der Waals surface area contributed by atoms with E-state index in [1.54, 1.807) is 0 Å². The van der Waals surface area contributed by atoms with Crippen LogP contribution in [-0.2, 0) is 6.54 Å². The molecule has 0 spiro atoms. The third kappa shape index (κ3) is 3.50. The zero-order chi connectivity index (χ0) is 14.7. The second-order valence-electron chi connectivity index (χ2n) is 5.16. The van der Waals surface area contributed by atoms with Crippen LogP contribution in [0, 0.1) is 0 Å². The summed E-state index contributed by atoms with van der Waals surface area (Å²) in [5, 5.41) is 4.23. The summed E-state index contributed by atoms with van der Waals surface area (Å²) in [7, 11) is 0. The quantitative estimate of drug-likeness (QED) is 0.849. The molecule has 5 heteroatoms. The van der Waals surface area contributed by atoms with Crippen molar-refractivity contribution in [2.24, 2.45) is 0 Å². The largest absolute Gasteiger partial charge is 0.378 e. The van der Waals surface area contributed by atoms with Crippen molar-refractivity contribution < 1.29 is 0 Å². The lowest BCUT2D eigenvalue weighted by molar-refractivity contribution is 0.934. The molecule has 0 radical (unpaired) electrons. The van der Waals surface area contributed by atoms with Gasteiger partial charge < -0.3 is 10.2 Å². The molecule has 1 saturated heterocycles. The number of nitrogens with one attached hydrogen (secondary N) is 1. The van der Waals surface area contributed by atoms with Crippen molar-refractivity contribution in [3.63, 3.8) is 0 Å². The van der Waals surface area contributed by atoms with Gasteiger partial charge in [-0.2, -0.15) is 0 Å². The lowest BCUT2D eigenvalue weighted by atomic mass is 10.2. The average Bonchev–Trinajstić information content (AvgIpc) is 3.01. The van der Waals surface area contributed by atoms with Gasteiger partial charge in [-0.3, -0.25) is 0 Å². The smallest absolute Gasteiger partial charge is 0.151 e. The van der Waals surface area contributed by atoms with Gasteiger partial charge in [0.2, 0.25) is 0 Å². The number of hydrogen-bond acceptors (Lipinski definition) is 3. The van der Waals surface area contributed by atoms with Gasteiger partial charge in [-0.15, -0.1) is 0 Å². The fourth-order valence-corrected chi connectivity index (χ4v) is 3.39. The molecule has 1 aliphatic rings. The van der Waals surface area contributed by atoms with Gasteiger partial charge in [-0.25, -0.2) is 4.98 Å². The van der Waals surface area contributed by atoms with Crippen LogP contribution in [0.5, 0.6) is 0 Å². The topological polar surface area (TPSA) is 28.2 Å². The molecule has 1 fully saturated rings. The molecule has 3 nitrogen and oxygen atoms in total. The molecule has 1 aromatic carbocycles. The second kappa shape index (κ2) is 6.67. The Hall–Kier alpha value is -1.26. The summed E-state index contributed by atoms with van der Waals surface area (Å²) < 4.78 is 1.02. The maximum atomic E-state index is 5.98. The fourth-order valence-electron chi connectivity index (χ4n) is 2.57. The molecule has 2 aromatic rings. The monoisotopic (exact) mass is 365 g/mol. The third-order valence-corrected chi connectivity index (χ3v) is 4.65. The number of halogens is 2. The molecule has 3 rings (SSSR count). The van der Waals surface area contributed by atoms with E-state index in [1.165, 1.54) is 18.4 Å². The lowest BCUT2D eigenvalue weighted by Crippen LogP contribution is -2.20. The van der Waals surface area contributed by atoms with E-state index >= 15 is 0 Å². The van der Waals surface area contributed by atoms with Crippen LogP contribution in [0.4, 0.5) is 11.5 Å². The normalized spacial score (nSPS) is 14.5. The molecule has 1 N–H and O–H groups in total. The van der Waals surface area contributed by atoms with E-state index in [2.05, 4.69) is 37.2 Å². The highest BCUT2D eigenvalue weighted by atomic mass is 79.9. The van der Waals surface area contributed by atoms with Gasteiger partial charge in [0.25, 0.3) is 0 Å². The number of rotatable bonds is 4. The predicted molar refractivity (Wildman–Crippen MR) is 92.2 cm³/mol. The first-order chi connectivity index (χ1) is 10.2. The molecule has 1 aliphatic heterocycles. The highest BCUT2D eigenvalue weighted by Gasteiger charge is 2.16. The van der Waals surface area contributed by atoms with E-state index in [9.17, 15) is 0 Å². The Bertz CT molecular complexity index is 627. The van der Waals surface area contributed by atoms with Gasteiger partial charge >= 0.3 is 0 Å². The Labute approximate surface area is 138 Å². The minimum Gasteiger partial charge on any atom is -0.378 e. The molecule has 110 valence electrons. The number of pyridine rings is 1. The number of aromatic nitrogens is 1. The van der Waals surface area contributed by atoms with E-state index in [0.717, 1.165) is 40.6 Å². The minimum atomic E-state index is 0.740. The van der Waals surface area contributed by atoms with Crippen molar-refractivity contribution in [3.05, 3.63) is 51.6 Å². The summed E-state index contributed by atoms with van der Waals surface area (Å²) in [6, 6.07) is 9.92. The first-order valence-electron chi connectivity index (χ1n) is 7.12. The van der Waals surface area contributed by atoms with Crippen LogP contribution in [0.25, 0.3) is 0 Å². The van der Waals surface area contributed by atoms with E-state index in [1.807, 2.05) is 30.5 Å². The molecule has 0 amide bonds. The van der Waals surface area contributed by atoms with Gasteiger partial charge in [0.05, 0.1) is 5.69 Å². The van der Waals surface area contributed by atoms with E-state index in [4.69, 9.17) is 11.6 Å². The van der Waals surface area contributed by atoms with Crippen molar-refractivity contribution in [1.29, 1.82) is 0 Å². The van der Waals surface area contributed by atoms with Gasteiger partial charge in [-0.1, -0.05) is 33.6 Å². The highest BCUT2D eigenvalue weighted by Crippen LogP contribution is 2.28. The first kappa shape index (κ1) is 14.7. The summed E-state index contributed by atoms with van der Waals surface area (Å²) >= 11 is 9.53. The number of anilines is 2. The van der Waals surface area contributed by atoms with Crippen LogP contribution < -0.4 is 10.2 Å². The first-order valence-corrected chi connectivity index (χ1v) is 8.29. The van der Waals surface area contributed by atoms with E-state index in [-0.39, 0.29) is 0 Å². The standard InChI is InChI=1S/C16H17BrClN3/c17-14-10-13(18)6-5-12(14)11-20-15-4-3-7-19-16(15)21-8-1-2-9-21/h3-7,10,20H,1-2,8-9,11H2. The van der Waals surface area contributed by atoms with Crippen LogP contribution in [0.15, 0.2) is 41.0 Å². The van der Waals surface area contributed by atoms with Crippen LogP contribution in [0.1, 0.15) is 18.4 Å². The Morgan fingerprint density at radius 1 is 1.24 bits per heavy atom. The Kier molecular flexibility index (Phi) is 4.66. The molecule has 0 bridgehead atoms. The Balaban J connectivity index is 1.75. The molecule has 0 unspecified atom stereocenters. The van der Waals surface area contributed by atoms with Crippen LogP contribution >= 0.6 is 27.5 Å². The SMILES string of the molecule is Clc1ccc(CNc2cccnc2N2CCCC2)c(Br)c1. The molecular formula is C16H17BrClN3. The second-order valence-corrected chi connectivity index (χ2v) is 6.45. The molecule has 0 atom stereocenters. The van der Waals surface area contributed by atoms with Gasteiger partial charge in [0.15, 0.2) is 5.82 Å². The zero-order valence-electron chi connectivity index (χ0n) is 11.6.